The molecule has 6 nitrogen and oxygen atoms in total. The molecule has 0 fully saturated rings. The first-order chi connectivity index (χ1) is 9.56. The second kappa shape index (κ2) is 4.34. The minimum Gasteiger partial charge on any atom is -0.475 e. The van der Waals surface area contributed by atoms with Crippen LogP contribution in [0, 0.1) is 11.6 Å². The van der Waals surface area contributed by atoms with Gasteiger partial charge in [0.15, 0.2) is 0 Å². The molecule has 0 unspecified atom stereocenters. The largest absolute Gasteiger partial charge is 0.475 e. The van der Waals surface area contributed by atoms with E-state index in [0.717, 1.165) is 16.6 Å². The highest BCUT2D eigenvalue weighted by Gasteiger charge is 2.16. The fourth-order valence-corrected chi connectivity index (χ4v) is 1.79. The molecular weight excluding hydrogens is 270 g/mol. The number of carboxylic acid groups (broad SMARTS) is 1. The molecule has 0 atom stereocenters. The molecule has 0 aliphatic rings. The number of carbonyl (C=O) groups is 1. The Labute approximate surface area is 110 Å². The summed E-state index contributed by atoms with van der Waals surface area (Å²) in [5, 5.41) is 12.6. The highest BCUT2D eigenvalue weighted by atomic mass is 19.1. The highest BCUT2D eigenvalue weighted by Crippen LogP contribution is 2.23. The van der Waals surface area contributed by atoms with Gasteiger partial charge in [-0.2, -0.15) is 9.50 Å². The van der Waals surface area contributed by atoms with Crippen molar-refractivity contribution in [2.24, 2.45) is 0 Å². The first-order valence-electron chi connectivity index (χ1n) is 5.47. The third-order valence-corrected chi connectivity index (χ3v) is 2.64. The Morgan fingerprint density at radius 1 is 1.25 bits per heavy atom. The average molecular weight is 276 g/mol. The number of aromatic carboxylic acids is 1. The van der Waals surface area contributed by atoms with Crippen LogP contribution in [-0.2, 0) is 0 Å². The summed E-state index contributed by atoms with van der Waals surface area (Å²) in [5.41, 5.74) is 0.299. The molecule has 0 bridgehead atoms. The second-order valence-corrected chi connectivity index (χ2v) is 3.91. The lowest BCUT2D eigenvalue weighted by Gasteiger charge is -2.04. The van der Waals surface area contributed by atoms with E-state index in [1.54, 1.807) is 0 Å². The van der Waals surface area contributed by atoms with Gasteiger partial charge in [-0.25, -0.2) is 18.6 Å². The van der Waals surface area contributed by atoms with E-state index in [0.29, 0.717) is 0 Å². The van der Waals surface area contributed by atoms with E-state index in [1.165, 1.54) is 18.3 Å². The molecule has 2 aromatic heterocycles. The summed E-state index contributed by atoms with van der Waals surface area (Å²) in [6.07, 6.45) is 1.34. The lowest BCUT2D eigenvalue weighted by Crippen LogP contribution is -2.01. The molecule has 2 heterocycles. The van der Waals surface area contributed by atoms with Crippen LogP contribution in [0.3, 0.4) is 0 Å². The molecule has 3 rings (SSSR count). The SMILES string of the molecule is O=C(O)c1nc2nccc(-c3ccc(F)cc3F)n2n1. The molecule has 100 valence electrons. The Kier molecular flexibility index (Phi) is 2.63. The summed E-state index contributed by atoms with van der Waals surface area (Å²) < 4.78 is 27.8. The molecule has 1 N–H and O–H groups in total. The fourth-order valence-electron chi connectivity index (χ4n) is 1.79. The van der Waals surface area contributed by atoms with Crippen molar-refractivity contribution in [1.29, 1.82) is 0 Å². The molecule has 0 radical (unpaired) electrons. The first-order valence-corrected chi connectivity index (χ1v) is 5.47. The van der Waals surface area contributed by atoms with E-state index >= 15 is 0 Å². The van der Waals surface area contributed by atoms with E-state index in [-0.39, 0.29) is 17.0 Å². The molecule has 8 heteroatoms. The second-order valence-electron chi connectivity index (χ2n) is 3.91. The van der Waals surface area contributed by atoms with Crippen molar-refractivity contribution in [2.45, 2.75) is 0 Å². The summed E-state index contributed by atoms with van der Waals surface area (Å²) >= 11 is 0. The summed E-state index contributed by atoms with van der Waals surface area (Å²) in [7, 11) is 0. The van der Waals surface area contributed by atoms with Gasteiger partial charge in [-0.15, -0.1) is 5.10 Å². The molecular formula is C12H6F2N4O2. The molecule has 0 saturated heterocycles. The van der Waals surface area contributed by atoms with E-state index in [2.05, 4.69) is 15.1 Å². The van der Waals surface area contributed by atoms with E-state index in [4.69, 9.17) is 5.11 Å². The van der Waals surface area contributed by atoms with Crippen molar-refractivity contribution in [3.05, 3.63) is 47.9 Å². The van der Waals surface area contributed by atoms with Gasteiger partial charge in [-0.1, -0.05) is 0 Å². The summed E-state index contributed by atoms with van der Waals surface area (Å²) in [4.78, 5) is 18.4. The molecule has 0 aliphatic heterocycles. The van der Waals surface area contributed by atoms with Gasteiger partial charge in [0.1, 0.15) is 11.6 Å². The van der Waals surface area contributed by atoms with Crippen molar-refractivity contribution in [3.8, 4) is 11.3 Å². The number of fused-ring (bicyclic) bond motifs is 1. The van der Waals surface area contributed by atoms with Gasteiger partial charge in [-0.05, 0) is 18.2 Å². The van der Waals surface area contributed by atoms with Crippen LogP contribution in [-0.4, -0.2) is 30.7 Å². The third kappa shape index (κ3) is 1.87. The minimum absolute atomic E-state index is 0.0172. The lowest BCUT2D eigenvalue weighted by molar-refractivity contribution is 0.0684. The van der Waals surface area contributed by atoms with Crippen LogP contribution in [0.1, 0.15) is 10.6 Å². The van der Waals surface area contributed by atoms with Gasteiger partial charge in [0.2, 0.25) is 0 Å². The van der Waals surface area contributed by atoms with Crippen molar-refractivity contribution >= 4 is 11.7 Å². The number of benzene rings is 1. The van der Waals surface area contributed by atoms with E-state index in [1.807, 2.05) is 0 Å². The number of hydrogen-bond acceptors (Lipinski definition) is 4. The zero-order valence-electron chi connectivity index (χ0n) is 9.79. The molecule has 1 aromatic carbocycles. The van der Waals surface area contributed by atoms with E-state index < -0.39 is 23.4 Å². The molecule has 0 saturated carbocycles. The van der Waals surface area contributed by atoms with Gasteiger partial charge in [0.05, 0.1) is 5.69 Å². The van der Waals surface area contributed by atoms with E-state index in [9.17, 15) is 13.6 Å². The summed E-state index contributed by atoms with van der Waals surface area (Å²) in [6.45, 7) is 0. The Morgan fingerprint density at radius 3 is 2.75 bits per heavy atom. The number of hydrogen-bond donors (Lipinski definition) is 1. The zero-order valence-corrected chi connectivity index (χ0v) is 9.79. The van der Waals surface area contributed by atoms with Crippen molar-refractivity contribution < 1.29 is 18.7 Å². The van der Waals surface area contributed by atoms with Crippen LogP contribution in [0.4, 0.5) is 8.78 Å². The zero-order chi connectivity index (χ0) is 14.3. The Bertz CT molecular complexity index is 831. The monoisotopic (exact) mass is 276 g/mol. The molecule has 0 amide bonds. The standard InChI is InChI=1S/C12H6F2N4O2/c13-6-1-2-7(8(14)5-6)9-3-4-15-12-16-10(11(19)20)17-18(9)12/h1-5H,(H,19,20). The van der Waals surface area contributed by atoms with Crippen LogP contribution in [0.2, 0.25) is 0 Å². The van der Waals surface area contributed by atoms with Gasteiger partial charge in [-0.3, -0.25) is 0 Å². The minimum atomic E-state index is -1.32. The number of aromatic nitrogens is 4. The van der Waals surface area contributed by atoms with Crippen LogP contribution >= 0.6 is 0 Å². The quantitative estimate of drug-likeness (QED) is 0.771. The van der Waals surface area contributed by atoms with Crippen molar-refractivity contribution in [3.63, 3.8) is 0 Å². The Morgan fingerprint density at radius 2 is 2.05 bits per heavy atom. The maximum atomic E-state index is 13.8. The average Bonchev–Trinajstić information content (AvgIpc) is 2.83. The summed E-state index contributed by atoms with van der Waals surface area (Å²) in [5.74, 6) is -3.25. The van der Waals surface area contributed by atoms with Crippen molar-refractivity contribution in [2.75, 3.05) is 0 Å². The predicted octanol–water partition coefficient (Wildman–Crippen LogP) is 1.77. The van der Waals surface area contributed by atoms with Gasteiger partial charge in [0, 0.05) is 17.8 Å². The number of rotatable bonds is 2. The smallest absolute Gasteiger partial charge is 0.375 e. The van der Waals surface area contributed by atoms with Crippen LogP contribution in [0.5, 0.6) is 0 Å². The summed E-state index contributed by atoms with van der Waals surface area (Å²) in [6, 6.07) is 4.50. The van der Waals surface area contributed by atoms with Crippen LogP contribution < -0.4 is 0 Å². The normalized spacial score (nSPS) is 10.9. The highest BCUT2D eigenvalue weighted by molar-refractivity contribution is 5.83. The Hall–Kier alpha value is -2.90. The fraction of sp³-hybridized carbons (Fsp3) is 0. The molecule has 20 heavy (non-hydrogen) atoms. The van der Waals surface area contributed by atoms with Gasteiger partial charge in [0.25, 0.3) is 11.6 Å². The predicted molar refractivity (Wildman–Crippen MR) is 63.1 cm³/mol. The third-order valence-electron chi connectivity index (χ3n) is 2.64. The Balaban J connectivity index is 2.28. The maximum Gasteiger partial charge on any atom is 0.375 e. The van der Waals surface area contributed by atoms with Crippen LogP contribution in [0.25, 0.3) is 17.0 Å². The number of carboxylic acids is 1. The van der Waals surface area contributed by atoms with Crippen LogP contribution in [0.15, 0.2) is 30.5 Å². The molecule has 3 aromatic rings. The van der Waals surface area contributed by atoms with Gasteiger partial charge >= 0.3 is 5.97 Å². The topological polar surface area (TPSA) is 80.4 Å². The first kappa shape index (κ1) is 12.2. The molecule has 0 spiro atoms. The lowest BCUT2D eigenvalue weighted by atomic mass is 10.1. The van der Waals surface area contributed by atoms with Crippen molar-refractivity contribution in [1.82, 2.24) is 19.6 Å². The number of halogens is 2. The molecule has 0 aliphatic carbocycles. The maximum absolute atomic E-state index is 13.8. The van der Waals surface area contributed by atoms with Gasteiger partial charge < -0.3 is 5.11 Å². The number of nitrogens with zero attached hydrogens (tertiary/aromatic N) is 4.